The monoisotopic (exact) mass is 480 g/mol. The van der Waals surface area contributed by atoms with Gasteiger partial charge in [0.1, 0.15) is 0 Å². The molecule has 1 aliphatic rings. The highest BCUT2D eigenvalue weighted by atomic mass is 127. The molecule has 1 aromatic rings. The Morgan fingerprint density at radius 1 is 1.31 bits per heavy atom. The van der Waals surface area contributed by atoms with E-state index in [0.29, 0.717) is 44.0 Å². The first kappa shape index (κ1) is 22.6. The SMILES string of the molecule is CCNC(=NCCCN1CCCC1=O)NCCc1cccc(F)c1F.I. The minimum atomic E-state index is -0.825. The minimum absolute atomic E-state index is 0. The van der Waals surface area contributed by atoms with Crippen molar-refractivity contribution in [1.82, 2.24) is 15.5 Å². The molecule has 0 aromatic heterocycles. The van der Waals surface area contributed by atoms with Gasteiger partial charge in [-0.05, 0) is 37.8 Å². The predicted molar refractivity (Wildman–Crippen MR) is 110 cm³/mol. The molecule has 0 spiro atoms. The summed E-state index contributed by atoms with van der Waals surface area (Å²) in [6.45, 7) is 5.32. The number of aliphatic imine (C=N–C) groups is 1. The van der Waals surface area contributed by atoms with Crippen LogP contribution >= 0.6 is 24.0 Å². The number of carbonyl (C=O) groups is 1. The van der Waals surface area contributed by atoms with E-state index in [0.717, 1.165) is 32.0 Å². The van der Waals surface area contributed by atoms with Crippen molar-refractivity contribution in [2.75, 3.05) is 32.7 Å². The first-order valence-corrected chi connectivity index (χ1v) is 8.84. The number of likely N-dealkylation sites (tertiary alicyclic amines) is 1. The molecule has 5 nitrogen and oxygen atoms in total. The quantitative estimate of drug-likeness (QED) is 0.261. The van der Waals surface area contributed by atoms with Crippen molar-refractivity contribution < 1.29 is 13.6 Å². The van der Waals surface area contributed by atoms with E-state index >= 15 is 0 Å². The lowest BCUT2D eigenvalue weighted by Crippen LogP contribution is -2.38. The fourth-order valence-corrected chi connectivity index (χ4v) is 2.79. The zero-order valence-electron chi connectivity index (χ0n) is 15.1. The van der Waals surface area contributed by atoms with Crippen molar-refractivity contribution in [3.63, 3.8) is 0 Å². The molecule has 1 amide bonds. The lowest BCUT2D eigenvalue weighted by Gasteiger charge is -2.15. The molecule has 0 radical (unpaired) electrons. The first-order chi connectivity index (χ1) is 12.1. The lowest BCUT2D eigenvalue weighted by atomic mass is 10.1. The van der Waals surface area contributed by atoms with Crippen molar-refractivity contribution in [3.8, 4) is 0 Å². The van der Waals surface area contributed by atoms with Crippen LogP contribution in [-0.4, -0.2) is 49.5 Å². The number of hydrogen-bond donors (Lipinski definition) is 2. The Morgan fingerprint density at radius 2 is 2.12 bits per heavy atom. The zero-order chi connectivity index (χ0) is 18.1. The number of benzene rings is 1. The van der Waals surface area contributed by atoms with Gasteiger partial charge >= 0.3 is 0 Å². The van der Waals surface area contributed by atoms with Crippen LogP contribution in [0.1, 0.15) is 31.7 Å². The summed E-state index contributed by atoms with van der Waals surface area (Å²) >= 11 is 0. The van der Waals surface area contributed by atoms with Gasteiger partial charge in [0.05, 0.1) is 0 Å². The lowest BCUT2D eigenvalue weighted by molar-refractivity contribution is -0.127. The summed E-state index contributed by atoms with van der Waals surface area (Å²) in [7, 11) is 0. The van der Waals surface area contributed by atoms with Gasteiger partial charge in [-0.25, -0.2) is 8.78 Å². The second-order valence-corrected chi connectivity index (χ2v) is 5.99. The summed E-state index contributed by atoms with van der Waals surface area (Å²) in [6.07, 6.45) is 2.78. The maximum Gasteiger partial charge on any atom is 0.222 e. The topological polar surface area (TPSA) is 56.7 Å². The number of carbonyl (C=O) groups excluding carboxylic acids is 1. The molecule has 26 heavy (non-hydrogen) atoms. The fourth-order valence-electron chi connectivity index (χ4n) is 2.79. The Balaban J connectivity index is 0.00000338. The molecule has 0 bridgehead atoms. The van der Waals surface area contributed by atoms with Crippen molar-refractivity contribution in [1.29, 1.82) is 0 Å². The molecule has 0 unspecified atom stereocenters. The molecule has 2 N–H and O–H groups in total. The van der Waals surface area contributed by atoms with Gasteiger partial charge in [-0.2, -0.15) is 0 Å². The maximum absolute atomic E-state index is 13.6. The van der Waals surface area contributed by atoms with E-state index in [-0.39, 0.29) is 29.9 Å². The van der Waals surface area contributed by atoms with Crippen molar-refractivity contribution in [2.24, 2.45) is 4.99 Å². The molecule has 1 fully saturated rings. The van der Waals surface area contributed by atoms with Crippen LogP contribution in [0.5, 0.6) is 0 Å². The standard InChI is InChI=1S/C18H26F2N4O.HI/c1-2-21-18(22-10-5-13-24-12-4-8-16(24)25)23-11-9-14-6-3-7-15(19)17(14)20;/h3,6-7H,2,4-5,8-13H2,1H3,(H2,21,22,23);1H. The molecule has 146 valence electrons. The molecular weight excluding hydrogens is 453 g/mol. The van der Waals surface area contributed by atoms with E-state index in [1.54, 1.807) is 6.07 Å². The highest BCUT2D eigenvalue weighted by Gasteiger charge is 2.18. The molecule has 2 rings (SSSR count). The molecule has 1 saturated heterocycles. The van der Waals surface area contributed by atoms with E-state index in [1.165, 1.54) is 6.07 Å². The van der Waals surface area contributed by atoms with Gasteiger partial charge in [-0.1, -0.05) is 12.1 Å². The van der Waals surface area contributed by atoms with Gasteiger partial charge in [0.2, 0.25) is 5.91 Å². The summed E-state index contributed by atoms with van der Waals surface area (Å²) in [5.74, 6) is -0.741. The summed E-state index contributed by atoms with van der Waals surface area (Å²) in [5.41, 5.74) is 0.343. The van der Waals surface area contributed by atoms with Crippen LogP contribution < -0.4 is 10.6 Å². The molecular formula is C18H27F2IN4O. The summed E-state index contributed by atoms with van der Waals surface area (Å²) < 4.78 is 26.8. The average molecular weight is 480 g/mol. The number of amides is 1. The van der Waals surface area contributed by atoms with E-state index in [4.69, 9.17) is 0 Å². The van der Waals surface area contributed by atoms with Crippen LogP contribution in [0.4, 0.5) is 8.78 Å². The van der Waals surface area contributed by atoms with Crippen molar-refractivity contribution >= 4 is 35.8 Å². The van der Waals surface area contributed by atoms with Gasteiger partial charge in [0, 0.05) is 39.1 Å². The van der Waals surface area contributed by atoms with Crippen LogP contribution in [-0.2, 0) is 11.2 Å². The number of rotatable bonds is 8. The third-order valence-corrected chi connectivity index (χ3v) is 4.09. The Kier molecular flexibility index (Phi) is 10.5. The number of halogens is 3. The third kappa shape index (κ3) is 7.05. The highest BCUT2D eigenvalue weighted by molar-refractivity contribution is 14.0. The molecule has 1 aliphatic heterocycles. The van der Waals surface area contributed by atoms with Gasteiger partial charge < -0.3 is 15.5 Å². The third-order valence-electron chi connectivity index (χ3n) is 4.09. The van der Waals surface area contributed by atoms with Crippen molar-refractivity contribution in [3.05, 3.63) is 35.4 Å². The number of nitrogens with one attached hydrogen (secondary N) is 2. The molecule has 1 heterocycles. The molecule has 0 saturated carbocycles. The fraction of sp³-hybridized carbons (Fsp3) is 0.556. The average Bonchev–Trinajstić information content (AvgIpc) is 3.00. The number of guanidine groups is 1. The van der Waals surface area contributed by atoms with Crippen LogP contribution in [0, 0.1) is 11.6 Å². The summed E-state index contributed by atoms with van der Waals surface area (Å²) in [4.78, 5) is 17.9. The predicted octanol–water partition coefficient (Wildman–Crippen LogP) is 2.69. The van der Waals surface area contributed by atoms with Gasteiger partial charge in [-0.3, -0.25) is 9.79 Å². The van der Waals surface area contributed by atoms with Crippen molar-refractivity contribution in [2.45, 2.75) is 32.6 Å². The summed E-state index contributed by atoms with van der Waals surface area (Å²) in [5, 5.41) is 6.24. The Bertz CT molecular complexity index is 613. The molecule has 0 aliphatic carbocycles. The Labute approximate surface area is 170 Å². The molecule has 1 aromatic carbocycles. The van der Waals surface area contributed by atoms with E-state index in [9.17, 15) is 13.6 Å². The number of nitrogens with zero attached hydrogens (tertiary/aromatic N) is 2. The Hall–Kier alpha value is -1.45. The molecule has 0 atom stereocenters. The van der Waals surface area contributed by atoms with Crippen LogP contribution in [0.15, 0.2) is 23.2 Å². The smallest absolute Gasteiger partial charge is 0.222 e. The van der Waals surface area contributed by atoms with Gasteiger partial charge in [-0.15, -0.1) is 24.0 Å². The Morgan fingerprint density at radius 3 is 2.81 bits per heavy atom. The second-order valence-electron chi connectivity index (χ2n) is 5.99. The zero-order valence-corrected chi connectivity index (χ0v) is 17.4. The van der Waals surface area contributed by atoms with Crippen LogP contribution in [0.25, 0.3) is 0 Å². The molecule has 8 heteroatoms. The largest absolute Gasteiger partial charge is 0.357 e. The van der Waals surface area contributed by atoms with E-state index < -0.39 is 11.6 Å². The summed E-state index contributed by atoms with van der Waals surface area (Å²) in [6, 6.07) is 4.20. The first-order valence-electron chi connectivity index (χ1n) is 8.84. The van der Waals surface area contributed by atoms with Crippen LogP contribution in [0.2, 0.25) is 0 Å². The van der Waals surface area contributed by atoms with Gasteiger partial charge in [0.25, 0.3) is 0 Å². The van der Waals surface area contributed by atoms with Gasteiger partial charge in [0.15, 0.2) is 17.6 Å². The highest BCUT2D eigenvalue weighted by Crippen LogP contribution is 2.11. The maximum atomic E-state index is 13.6. The second kappa shape index (κ2) is 12.0. The van der Waals surface area contributed by atoms with E-state index in [1.807, 2.05) is 11.8 Å². The normalized spacial score (nSPS) is 14.3. The van der Waals surface area contributed by atoms with Crippen LogP contribution in [0.3, 0.4) is 0 Å². The minimum Gasteiger partial charge on any atom is -0.357 e. The van der Waals surface area contributed by atoms with E-state index in [2.05, 4.69) is 15.6 Å². The number of hydrogen-bond acceptors (Lipinski definition) is 2.